The lowest BCUT2D eigenvalue weighted by Crippen LogP contribution is -2.18. The Labute approximate surface area is 130 Å². The molecule has 0 amide bonds. The van der Waals surface area contributed by atoms with E-state index in [4.69, 9.17) is 9.47 Å². The van der Waals surface area contributed by atoms with Crippen molar-refractivity contribution >= 4 is 11.8 Å². The highest BCUT2D eigenvalue weighted by atomic mass is 32.2. The van der Waals surface area contributed by atoms with Crippen molar-refractivity contribution in [1.82, 2.24) is 5.32 Å². The van der Waals surface area contributed by atoms with Gasteiger partial charge in [0.15, 0.2) is 0 Å². The predicted molar refractivity (Wildman–Crippen MR) is 88.7 cm³/mol. The van der Waals surface area contributed by atoms with Crippen LogP contribution in [0.5, 0.6) is 11.5 Å². The summed E-state index contributed by atoms with van der Waals surface area (Å²) in [5.74, 6) is 1.62. The Bertz CT molecular complexity index is 584. The molecule has 0 aliphatic rings. The van der Waals surface area contributed by atoms with E-state index in [0.29, 0.717) is 0 Å². The molecule has 0 spiro atoms. The molecule has 3 nitrogen and oxygen atoms in total. The average Bonchev–Trinajstić information content (AvgIpc) is 2.56. The maximum absolute atomic E-state index is 5.51. The van der Waals surface area contributed by atoms with E-state index in [1.165, 1.54) is 10.5 Å². The van der Waals surface area contributed by atoms with Crippen molar-refractivity contribution in [3.8, 4) is 11.5 Å². The number of benzene rings is 2. The summed E-state index contributed by atoms with van der Waals surface area (Å²) in [5.41, 5.74) is 2.30. The summed E-state index contributed by atoms with van der Waals surface area (Å²) in [4.78, 5) is 1.26. The lowest BCUT2D eigenvalue weighted by atomic mass is 9.98. The van der Waals surface area contributed by atoms with Gasteiger partial charge in [0.25, 0.3) is 0 Å². The lowest BCUT2D eigenvalue weighted by Gasteiger charge is -2.20. The first-order valence-electron chi connectivity index (χ1n) is 6.76. The molecule has 0 radical (unpaired) electrons. The zero-order chi connectivity index (χ0) is 15.2. The van der Waals surface area contributed by atoms with Gasteiger partial charge in [-0.3, -0.25) is 0 Å². The molecule has 1 N–H and O–H groups in total. The van der Waals surface area contributed by atoms with Crippen molar-refractivity contribution in [1.29, 1.82) is 0 Å². The fourth-order valence-electron chi connectivity index (χ4n) is 2.36. The van der Waals surface area contributed by atoms with Crippen LogP contribution in [0.3, 0.4) is 0 Å². The maximum atomic E-state index is 5.51. The van der Waals surface area contributed by atoms with E-state index in [0.717, 1.165) is 17.1 Å². The summed E-state index contributed by atoms with van der Waals surface area (Å²) in [5, 5.41) is 3.36. The molecule has 2 aromatic carbocycles. The van der Waals surface area contributed by atoms with Crippen molar-refractivity contribution < 1.29 is 9.47 Å². The molecule has 0 saturated carbocycles. The van der Waals surface area contributed by atoms with Gasteiger partial charge in [-0.2, -0.15) is 0 Å². The molecule has 0 aromatic heterocycles. The number of ether oxygens (including phenoxy) is 2. The third-order valence-electron chi connectivity index (χ3n) is 3.49. The van der Waals surface area contributed by atoms with Crippen molar-refractivity contribution in [2.24, 2.45) is 0 Å². The molecule has 1 unspecified atom stereocenters. The van der Waals surface area contributed by atoms with Crippen LogP contribution < -0.4 is 14.8 Å². The Morgan fingerprint density at radius 3 is 2.24 bits per heavy atom. The fourth-order valence-corrected chi connectivity index (χ4v) is 2.76. The molecular formula is C17H21NO2S. The largest absolute Gasteiger partial charge is 0.497 e. The lowest BCUT2D eigenvalue weighted by molar-refractivity contribution is 0.388. The molecule has 4 heteroatoms. The molecular weight excluding hydrogens is 282 g/mol. The van der Waals surface area contributed by atoms with Crippen LogP contribution in [-0.2, 0) is 0 Å². The van der Waals surface area contributed by atoms with Gasteiger partial charge >= 0.3 is 0 Å². The van der Waals surface area contributed by atoms with Crippen LogP contribution in [0.4, 0.5) is 0 Å². The Morgan fingerprint density at radius 1 is 1.00 bits per heavy atom. The second-order valence-corrected chi connectivity index (χ2v) is 5.48. The summed E-state index contributed by atoms with van der Waals surface area (Å²) in [6, 6.07) is 14.6. The second kappa shape index (κ2) is 7.38. The summed E-state index contributed by atoms with van der Waals surface area (Å²) < 4.78 is 10.8. The third-order valence-corrected chi connectivity index (χ3v) is 4.23. The molecule has 21 heavy (non-hydrogen) atoms. The topological polar surface area (TPSA) is 30.5 Å². The second-order valence-electron chi connectivity index (χ2n) is 4.60. The summed E-state index contributed by atoms with van der Waals surface area (Å²) in [7, 11) is 5.30. The molecule has 0 aliphatic heterocycles. The predicted octanol–water partition coefficient (Wildman–Crippen LogP) is 3.73. The first kappa shape index (κ1) is 15.7. The van der Waals surface area contributed by atoms with Crippen LogP contribution >= 0.6 is 11.8 Å². The van der Waals surface area contributed by atoms with Crippen LogP contribution in [-0.4, -0.2) is 27.5 Å². The monoisotopic (exact) mass is 303 g/mol. The molecule has 0 bridgehead atoms. The number of methoxy groups -OCH3 is 2. The van der Waals surface area contributed by atoms with Crippen LogP contribution in [0.15, 0.2) is 47.4 Å². The Balaban J connectivity index is 2.40. The van der Waals surface area contributed by atoms with Gasteiger partial charge in [-0.1, -0.05) is 12.1 Å². The van der Waals surface area contributed by atoms with Gasteiger partial charge in [-0.05, 0) is 43.1 Å². The first-order chi connectivity index (χ1) is 10.2. The number of hydrogen-bond acceptors (Lipinski definition) is 4. The minimum Gasteiger partial charge on any atom is -0.497 e. The quantitative estimate of drug-likeness (QED) is 0.824. The Kier molecular flexibility index (Phi) is 5.53. The van der Waals surface area contributed by atoms with E-state index >= 15 is 0 Å². The van der Waals surface area contributed by atoms with Crippen LogP contribution in [0, 0.1) is 0 Å². The van der Waals surface area contributed by atoms with Crippen molar-refractivity contribution in [3.05, 3.63) is 53.6 Å². The fraction of sp³-hybridized carbons (Fsp3) is 0.294. The van der Waals surface area contributed by atoms with Crippen molar-refractivity contribution in [3.63, 3.8) is 0 Å². The smallest absolute Gasteiger partial charge is 0.127 e. The summed E-state index contributed by atoms with van der Waals surface area (Å²) in [6.07, 6.45) is 2.08. The Hall–Kier alpha value is -1.65. The third kappa shape index (κ3) is 3.52. The summed E-state index contributed by atoms with van der Waals surface area (Å²) in [6.45, 7) is 0. The highest BCUT2D eigenvalue weighted by molar-refractivity contribution is 7.98. The number of thioether (sulfide) groups is 1. The Morgan fingerprint density at radius 2 is 1.71 bits per heavy atom. The zero-order valence-electron chi connectivity index (χ0n) is 12.8. The number of nitrogens with one attached hydrogen (secondary N) is 1. The van der Waals surface area contributed by atoms with Gasteiger partial charge < -0.3 is 14.8 Å². The van der Waals surface area contributed by atoms with E-state index in [-0.39, 0.29) is 6.04 Å². The van der Waals surface area contributed by atoms with Gasteiger partial charge in [-0.25, -0.2) is 0 Å². The normalized spacial score (nSPS) is 12.0. The van der Waals surface area contributed by atoms with Gasteiger partial charge in [0.05, 0.1) is 20.3 Å². The van der Waals surface area contributed by atoms with E-state index in [2.05, 4.69) is 35.8 Å². The van der Waals surface area contributed by atoms with Crippen molar-refractivity contribution in [2.75, 3.05) is 27.5 Å². The molecule has 1 atom stereocenters. The van der Waals surface area contributed by atoms with E-state index in [1.807, 2.05) is 25.2 Å². The maximum Gasteiger partial charge on any atom is 0.127 e. The van der Waals surface area contributed by atoms with Gasteiger partial charge in [-0.15, -0.1) is 11.8 Å². The molecule has 112 valence electrons. The molecule has 0 saturated heterocycles. The number of rotatable bonds is 6. The SMILES string of the molecule is CNC(c1ccc(SC)cc1)c1ccc(OC)cc1OC. The molecule has 2 aromatic rings. The van der Waals surface area contributed by atoms with Gasteiger partial charge in [0.1, 0.15) is 11.5 Å². The average molecular weight is 303 g/mol. The molecule has 0 heterocycles. The van der Waals surface area contributed by atoms with Crippen LogP contribution in [0.2, 0.25) is 0 Å². The van der Waals surface area contributed by atoms with Crippen LogP contribution in [0.1, 0.15) is 17.2 Å². The minimum atomic E-state index is 0.0850. The van der Waals surface area contributed by atoms with E-state index in [1.54, 1.807) is 26.0 Å². The van der Waals surface area contributed by atoms with E-state index < -0.39 is 0 Å². The van der Waals surface area contributed by atoms with Crippen molar-refractivity contribution in [2.45, 2.75) is 10.9 Å². The molecule has 0 fully saturated rings. The molecule has 2 rings (SSSR count). The van der Waals surface area contributed by atoms with Gasteiger partial charge in [0, 0.05) is 16.5 Å². The van der Waals surface area contributed by atoms with Crippen LogP contribution in [0.25, 0.3) is 0 Å². The first-order valence-corrected chi connectivity index (χ1v) is 7.99. The highest BCUT2D eigenvalue weighted by Crippen LogP contribution is 2.33. The standard InChI is InChI=1S/C17H21NO2S/c1-18-17(12-5-8-14(21-4)9-6-12)15-10-7-13(19-2)11-16(15)20-3/h5-11,17-18H,1-4H3. The van der Waals surface area contributed by atoms with Gasteiger partial charge in [0.2, 0.25) is 0 Å². The minimum absolute atomic E-state index is 0.0850. The zero-order valence-corrected chi connectivity index (χ0v) is 13.7. The summed E-state index contributed by atoms with van der Waals surface area (Å²) >= 11 is 1.74. The van der Waals surface area contributed by atoms with E-state index in [9.17, 15) is 0 Å². The number of hydrogen-bond donors (Lipinski definition) is 1. The molecule has 0 aliphatic carbocycles. The highest BCUT2D eigenvalue weighted by Gasteiger charge is 2.17.